The van der Waals surface area contributed by atoms with Gasteiger partial charge < -0.3 is 16.2 Å². The summed E-state index contributed by atoms with van der Waals surface area (Å²) in [6.07, 6.45) is 5.40. The number of fused-ring (bicyclic) bond motifs is 1. The number of nitro benzene ring substituents is 1. The normalized spacial score (nSPS) is 21.5. The molecule has 156 valence electrons. The van der Waals surface area contributed by atoms with E-state index in [0.29, 0.717) is 17.3 Å². The second-order valence-corrected chi connectivity index (χ2v) is 8.71. The highest BCUT2D eigenvalue weighted by atomic mass is 32.2. The van der Waals surface area contributed by atoms with Gasteiger partial charge in [-0.15, -0.1) is 11.8 Å². The number of aryl methyl sites for hydroxylation is 1. The van der Waals surface area contributed by atoms with Crippen LogP contribution in [0.1, 0.15) is 24.8 Å². The Morgan fingerprint density at radius 1 is 1.20 bits per heavy atom. The fourth-order valence-electron chi connectivity index (χ4n) is 3.90. The Balaban J connectivity index is 1.36. The number of ether oxygens (including phenoxy) is 1. The SMILES string of the molecule is NC(/C=C(\N)C1CCC(Oc2ccc([N+](=O)[O-])cc2)C1)=Nc1ccc2c(c1)CCS2. The number of allylic oxidation sites excluding steroid dienone is 1. The molecule has 2 aromatic rings. The fraction of sp³-hybridized carbons (Fsp3) is 0.318. The van der Waals surface area contributed by atoms with Gasteiger partial charge in [0.05, 0.1) is 16.7 Å². The molecule has 0 saturated heterocycles. The number of benzene rings is 2. The Kier molecular flexibility index (Phi) is 5.94. The van der Waals surface area contributed by atoms with Gasteiger partial charge in [-0.1, -0.05) is 0 Å². The molecule has 8 heteroatoms. The van der Waals surface area contributed by atoms with Gasteiger partial charge in [0.1, 0.15) is 11.6 Å². The van der Waals surface area contributed by atoms with E-state index in [0.717, 1.165) is 37.1 Å². The molecule has 2 atom stereocenters. The number of nitrogens with two attached hydrogens (primary N) is 2. The van der Waals surface area contributed by atoms with Crippen molar-refractivity contribution in [3.63, 3.8) is 0 Å². The van der Waals surface area contributed by atoms with Gasteiger partial charge >= 0.3 is 0 Å². The van der Waals surface area contributed by atoms with Crippen molar-refractivity contribution in [3.05, 3.63) is 69.9 Å². The monoisotopic (exact) mass is 424 g/mol. The van der Waals surface area contributed by atoms with Crippen molar-refractivity contribution in [2.24, 2.45) is 22.4 Å². The second kappa shape index (κ2) is 8.79. The molecule has 2 aliphatic rings. The van der Waals surface area contributed by atoms with Crippen molar-refractivity contribution in [1.82, 2.24) is 0 Å². The minimum absolute atomic E-state index is 0.0239. The molecule has 0 spiro atoms. The first-order chi connectivity index (χ1) is 14.5. The molecule has 0 bridgehead atoms. The summed E-state index contributed by atoms with van der Waals surface area (Å²) in [5.74, 6) is 2.33. The predicted molar refractivity (Wildman–Crippen MR) is 119 cm³/mol. The number of aliphatic imine (C=N–C) groups is 1. The number of hydrogen-bond donors (Lipinski definition) is 2. The highest BCUT2D eigenvalue weighted by molar-refractivity contribution is 7.99. The zero-order chi connectivity index (χ0) is 21.1. The van der Waals surface area contributed by atoms with Crippen molar-refractivity contribution < 1.29 is 9.66 Å². The molecular weight excluding hydrogens is 400 g/mol. The van der Waals surface area contributed by atoms with E-state index in [-0.39, 0.29) is 17.7 Å². The number of hydrogen-bond acceptors (Lipinski definition) is 6. The predicted octanol–water partition coefficient (Wildman–Crippen LogP) is 4.32. The van der Waals surface area contributed by atoms with Crippen molar-refractivity contribution in [2.75, 3.05) is 5.75 Å². The molecule has 1 saturated carbocycles. The maximum atomic E-state index is 10.8. The van der Waals surface area contributed by atoms with Gasteiger partial charge in [-0.05, 0) is 67.7 Å². The molecule has 30 heavy (non-hydrogen) atoms. The van der Waals surface area contributed by atoms with E-state index in [1.807, 2.05) is 17.8 Å². The van der Waals surface area contributed by atoms with Crippen LogP contribution in [0.3, 0.4) is 0 Å². The Hall–Kier alpha value is -3.00. The molecule has 1 heterocycles. The topological polar surface area (TPSA) is 117 Å². The van der Waals surface area contributed by atoms with Crippen LogP contribution >= 0.6 is 11.8 Å². The molecule has 0 aromatic heterocycles. The molecule has 2 aromatic carbocycles. The van der Waals surface area contributed by atoms with Crippen LogP contribution in [0.2, 0.25) is 0 Å². The van der Waals surface area contributed by atoms with Gasteiger partial charge in [-0.3, -0.25) is 10.1 Å². The summed E-state index contributed by atoms with van der Waals surface area (Å²) in [6, 6.07) is 12.3. The van der Waals surface area contributed by atoms with E-state index >= 15 is 0 Å². The van der Waals surface area contributed by atoms with Crippen LogP contribution in [0.5, 0.6) is 5.75 Å². The van der Waals surface area contributed by atoms with Crippen molar-refractivity contribution in [3.8, 4) is 5.75 Å². The first-order valence-corrected chi connectivity index (χ1v) is 10.9. The molecule has 4 rings (SSSR count). The highest BCUT2D eigenvalue weighted by Gasteiger charge is 2.28. The molecule has 4 N–H and O–H groups in total. The minimum Gasteiger partial charge on any atom is -0.490 e. The molecule has 0 radical (unpaired) electrons. The number of nitrogens with zero attached hydrogens (tertiary/aromatic N) is 2. The summed E-state index contributed by atoms with van der Waals surface area (Å²) in [5.41, 5.74) is 15.4. The molecule has 0 amide bonds. The lowest BCUT2D eigenvalue weighted by Gasteiger charge is -2.14. The first kappa shape index (κ1) is 20.3. The number of thioether (sulfide) groups is 1. The van der Waals surface area contributed by atoms with Gasteiger partial charge in [0.15, 0.2) is 0 Å². The Morgan fingerprint density at radius 3 is 2.77 bits per heavy atom. The number of rotatable bonds is 6. The highest BCUT2D eigenvalue weighted by Crippen LogP contribution is 2.34. The summed E-state index contributed by atoms with van der Waals surface area (Å²) >= 11 is 1.87. The molecule has 1 aliphatic heterocycles. The maximum Gasteiger partial charge on any atom is 0.269 e. The third-order valence-corrected chi connectivity index (χ3v) is 6.57. The van der Waals surface area contributed by atoms with Crippen LogP contribution in [0.4, 0.5) is 11.4 Å². The van der Waals surface area contributed by atoms with Gasteiger partial charge in [-0.25, -0.2) is 4.99 Å². The number of non-ortho nitro benzene ring substituents is 1. The maximum absolute atomic E-state index is 10.8. The molecule has 2 unspecified atom stereocenters. The first-order valence-electron chi connectivity index (χ1n) is 9.96. The van der Waals surface area contributed by atoms with Gasteiger partial charge in [0.2, 0.25) is 0 Å². The Bertz CT molecular complexity index is 1000. The van der Waals surface area contributed by atoms with E-state index in [1.54, 1.807) is 18.2 Å². The lowest BCUT2D eigenvalue weighted by atomic mass is 10.0. The van der Waals surface area contributed by atoms with Gasteiger partial charge in [0.25, 0.3) is 5.69 Å². The van der Waals surface area contributed by atoms with Crippen molar-refractivity contribution >= 4 is 29.0 Å². The van der Waals surface area contributed by atoms with E-state index in [4.69, 9.17) is 16.2 Å². The third kappa shape index (κ3) is 4.76. The molecule has 1 fully saturated rings. The summed E-state index contributed by atoms with van der Waals surface area (Å²) in [7, 11) is 0. The number of nitro groups is 1. The smallest absolute Gasteiger partial charge is 0.269 e. The van der Waals surface area contributed by atoms with Crippen LogP contribution in [-0.2, 0) is 6.42 Å². The molecular formula is C22H24N4O3S. The van der Waals surface area contributed by atoms with Crippen LogP contribution in [-0.4, -0.2) is 22.6 Å². The van der Waals surface area contributed by atoms with Gasteiger partial charge in [0, 0.05) is 34.4 Å². The zero-order valence-corrected chi connectivity index (χ0v) is 17.3. The van der Waals surface area contributed by atoms with Crippen molar-refractivity contribution in [2.45, 2.75) is 36.7 Å². The van der Waals surface area contributed by atoms with Crippen LogP contribution in [0, 0.1) is 16.0 Å². The fourth-order valence-corrected chi connectivity index (χ4v) is 4.95. The van der Waals surface area contributed by atoms with E-state index in [1.165, 1.54) is 22.6 Å². The molecule has 7 nitrogen and oxygen atoms in total. The largest absolute Gasteiger partial charge is 0.490 e. The van der Waals surface area contributed by atoms with E-state index < -0.39 is 4.92 Å². The third-order valence-electron chi connectivity index (χ3n) is 5.45. The van der Waals surface area contributed by atoms with Crippen LogP contribution < -0.4 is 16.2 Å². The lowest BCUT2D eigenvalue weighted by Crippen LogP contribution is -2.17. The quantitative estimate of drug-likeness (QED) is 0.309. The Morgan fingerprint density at radius 2 is 2.00 bits per heavy atom. The lowest BCUT2D eigenvalue weighted by molar-refractivity contribution is -0.384. The Labute approximate surface area is 179 Å². The zero-order valence-electron chi connectivity index (χ0n) is 16.5. The summed E-state index contributed by atoms with van der Waals surface area (Å²) in [4.78, 5) is 16.2. The number of amidine groups is 1. The second-order valence-electron chi connectivity index (χ2n) is 7.57. The summed E-state index contributed by atoms with van der Waals surface area (Å²) < 4.78 is 5.96. The van der Waals surface area contributed by atoms with Crippen LogP contribution in [0.15, 0.2) is 64.1 Å². The molecule has 1 aliphatic carbocycles. The summed E-state index contributed by atoms with van der Waals surface area (Å²) in [5, 5.41) is 10.8. The average Bonchev–Trinajstić information content (AvgIpc) is 3.37. The minimum atomic E-state index is -0.422. The van der Waals surface area contributed by atoms with E-state index in [9.17, 15) is 10.1 Å². The van der Waals surface area contributed by atoms with Gasteiger partial charge in [-0.2, -0.15) is 0 Å². The van der Waals surface area contributed by atoms with E-state index in [2.05, 4.69) is 17.1 Å². The standard InChI is InChI=1S/C22H24N4O3S/c23-20(13-22(24)25-16-2-8-21-15(11-16)9-10-30-21)14-1-5-19(12-14)29-18-6-3-17(4-7-18)26(27)28/h2-4,6-8,11,13-14,19H,1,5,9-10,12,23H2,(H2,24,25)/b20-13-. The summed E-state index contributed by atoms with van der Waals surface area (Å²) in [6.45, 7) is 0. The van der Waals surface area contributed by atoms with Crippen LogP contribution in [0.25, 0.3) is 0 Å². The van der Waals surface area contributed by atoms with Crippen molar-refractivity contribution in [1.29, 1.82) is 0 Å². The average molecular weight is 425 g/mol.